The van der Waals surface area contributed by atoms with Gasteiger partial charge in [-0.1, -0.05) is 29.8 Å². The molecule has 11 rings (SSSR count). The van der Waals surface area contributed by atoms with Crippen molar-refractivity contribution in [3.63, 3.8) is 0 Å². The van der Waals surface area contributed by atoms with Crippen LogP contribution in [0.4, 0.5) is 0 Å². The summed E-state index contributed by atoms with van der Waals surface area (Å²) in [4.78, 5) is 44.2. The summed E-state index contributed by atoms with van der Waals surface area (Å²) >= 11 is 0. The van der Waals surface area contributed by atoms with Crippen molar-refractivity contribution in [2.24, 2.45) is 0 Å². The average Bonchev–Trinajstić information content (AvgIpc) is 4.28. The minimum absolute atomic E-state index is 0.0522. The van der Waals surface area contributed by atoms with Gasteiger partial charge in [0.15, 0.2) is 0 Å². The molecular weight excluding hydrogens is 907 g/mol. The van der Waals surface area contributed by atoms with Crippen LogP contribution >= 0.6 is 0 Å². The fourth-order valence-corrected chi connectivity index (χ4v) is 10.2. The maximum absolute atomic E-state index is 13.1. The predicted molar refractivity (Wildman–Crippen MR) is 279 cm³/mol. The van der Waals surface area contributed by atoms with Crippen LogP contribution < -0.4 is 10.1 Å². The number of carbonyl (C=O) groups excluding carboxylic acids is 1. The van der Waals surface area contributed by atoms with E-state index in [1.807, 2.05) is 67.6 Å². The van der Waals surface area contributed by atoms with Crippen LogP contribution in [0.1, 0.15) is 40.3 Å². The SMILES string of the molecule is Cc1ccc(S(=O)(=O)n2ccc(CC(=O)NCCCOc3ccc(-c4c5nc(c(-c6ccncc6)c6ccc([nH]6)c(-c6ccncc6)c6nc(c(-c7ccncc7)c7ccc4[nH]7)C=C6)C=C5)cc3)c2)cc1. The third-order valence-electron chi connectivity index (χ3n) is 12.4. The summed E-state index contributed by atoms with van der Waals surface area (Å²) < 4.78 is 33.5. The van der Waals surface area contributed by atoms with Crippen molar-refractivity contribution in [1.82, 2.24) is 44.2 Å². The first-order chi connectivity index (χ1) is 34.7. The van der Waals surface area contributed by atoms with E-state index in [-0.39, 0.29) is 17.2 Å². The van der Waals surface area contributed by atoms with E-state index < -0.39 is 10.0 Å². The first kappa shape index (κ1) is 44.5. The number of H-pyrrole nitrogens is 2. The Labute approximate surface area is 409 Å². The summed E-state index contributed by atoms with van der Waals surface area (Å²) in [5.74, 6) is 0.472. The molecule has 0 saturated carbocycles. The smallest absolute Gasteiger partial charge is 0.267 e. The second-order valence-corrected chi connectivity index (χ2v) is 19.0. The van der Waals surface area contributed by atoms with E-state index in [9.17, 15) is 13.2 Å². The van der Waals surface area contributed by atoms with Gasteiger partial charge in [-0.05, 0) is 156 Å². The maximum Gasteiger partial charge on any atom is 0.267 e. The van der Waals surface area contributed by atoms with Crippen LogP contribution in [-0.4, -0.2) is 66.3 Å². The number of pyridine rings is 3. The van der Waals surface area contributed by atoms with Crippen molar-refractivity contribution in [1.29, 1.82) is 0 Å². The zero-order valence-corrected chi connectivity index (χ0v) is 39.3. The van der Waals surface area contributed by atoms with Crippen LogP contribution in [0.5, 0.6) is 5.75 Å². The molecule has 0 radical (unpaired) electrons. The first-order valence-electron chi connectivity index (χ1n) is 23.1. The number of nitrogens with zero attached hydrogens (tertiary/aromatic N) is 6. The number of nitrogens with one attached hydrogen (secondary N) is 3. The van der Waals surface area contributed by atoms with Crippen molar-refractivity contribution in [3.05, 3.63) is 199 Å². The van der Waals surface area contributed by atoms with Crippen molar-refractivity contribution >= 4 is 62.3 Å². The van der Waals surface area contributed by atoms with E-state index in [1.165, 1.54) is 12.4 Å². The van der Waals surface area contributed by atoms with Gasteiger partial charge in [-0.15, -0.1) is 0 Å². The molecule has 0 unspecified atom stereocenters. The second kappa shape index (κ2) is 19.2. The summed E-state index contributed by atoms with van der Waals surface area (Å²) in [6.07, 6.45) is 22.6. The van der Waals surface area contributed by atoms with E-state index in [0.717, 1.165) is 98.9 Å². The molecule has 0 atom stereocenters. The quantitative estimate of drug-likeness (QED) is 0.0951. The molecule has 13 nitrogen and oxygen atoms in total. The van der Waals surface area contributed by atoms with Crippen LogP contribution in [0.2, 0.25) is 0 Å². The topological polar surface area (TPSA) is 173 Å². The lowest BCUT2D eigenvalue weighted by molar-refractivity contribution is -0.120. The second-order valence-electron chi connectivity index (χ2n) is 17.1. The summed E-state index contributed by atoms with van der Waals surface area (Å²) in [5.41, 5.74) is 15.7. The molecule has 71 heavy (non-hydrogen) atoms. The average molecular weight is 952 g/mol. The molecule has 1 amide bonds. The minimum atomic E-state index is -3.75. The molecule has 3 N–H and O–H groups in total. The Bertz CT molecular complexity index is 3750. The number of rotatable bonds is 13. The van der Waals surface area contributed by atoms with Gasteiger partial charge in [0, 0.05) is 100 Å². The van der Waals surface area contributed by atoms with Crippen molar-refractivity contribution in [3.8, 4) is 50.3 Å². The van der Waals surface area contributed by atoms with Crippen LogP contribution in [0, 0.1) is 6.92 Å². The summed E-state index contributed by atoms with van der Waals surface area (Å²) in [6.45, 7) is 2.66. The monoisotopic (exact) mass is 951 g/mol. The molecule has 14 heteroatoms. The Kier molecular flexibility index (Phi) is 12.0. The number of ether oxygens (including phenoxy) is 1. The third kappa shape index (κ3) is 9.19. The Morgan fingerprint density at radius 2 is 1.00 bits per heavy atom. The Morgan fingerprint density at radius 1 is 0.563 bits per heavy atom. The molecule has 9 aromatic rings. The largest absolute Gasteiger partial charge is 0.494 e. The number of aryl methyl sites for hydroxylation is 1. The normalized spacial score (nSPS) is 12.0. The number of carbonyl (C=O) groups is 1. The van der Waals surface area contributed by atoms with Gasteiger partial charge in [-0.2, -0.15) is 0 Å². The van der Waals surface area contributed by atoms with Gasteiger partial charge in [0.2, 0.25) is 5.91 Å². The van der Waals surface area contributed by atoms with Crippen LogP contribution in [-0.2, 0) is 21.2 Å². The molecule has 0 saturated heterocycles. The Balaban J connectivity index is 0.908. The molecule has 2 aliphatic rings. The Hall–Kier alpha value is -9.01. The van der Waals surface area contributed by atoms with E-state index in [2.05, 4.69) is 78.8 Å². The number of hydrogen-bond acceptors (Lipinski definition) is 9. The highest BCUT2D eigenvalue weighted by molar-refractivity contribution is 7.90. The molecule has 2 aliphatic heterocycles. The maximum atomic E-state index is 13.1. The van der Waals surface area contributed by atoms with E-state index in [1.54, 1.807) is 67.5 Å². The van der Waals surface area contributed by atoms with Crippen LogP contribution in [0.15, 0.2) is 170 Å². The molecule has 7 aromatic heterocycles. The van der Waals surface area contributed by atoms with Crippen LogP contribution in [0.3, 0.4) is 0 Å². The van der Waals surface area contributed by atoms with Gasteiger partial charge >= 0.3 is 0 Å². The van der Waals surface area contributed by atoms with E-state index >= 15 is 0 Å². The number of benzene rings is 2. The highest BCUT2D eigenvalue weighted by atomic mass is 32.2. The number of aromatic amines is 2. The fraction of sp³-hybridized carbons (Fsp3) is 0.0877. The number of hydrogen-bond donors (Lipinski definition) is 3. The lowest BCUT2D eigenvalue weighted by atomic mass is 10.0. The number of fused-ring (bicyclic) bond motifs is 8. The molecule has 9 heterocycles. The van der Waals surface area contributed by atoms with Crippen LogP contribution in [0.25, 0.3) is 90.9 Å². The van der Waals surface area contributed by atoms with Crippen molar-refractivity contribution in [2.45, 2.75) is 24.7 Å². The summed E-state index contributed by atoms with van der Waals surface area (Å²) in [6, 6.07) is 36.6. The molecular formula is C57H45N9O4S. The van der Waals surface area contributed by atoms with E-state index in [4.69, 9.17) is 14.7 Å². The Morgan fingerprint density at radius 3 is 1.45 bits per heavy atom. The number of amides is 1. The first-order valence-corrected chi connectivity index (χ1v) is 24.6. The standard InChI is InChI=1S/C57H45N9O4S/c1-37-3-9-44(10-4-37)71(68,69)66-33-25-38(36-66)35-53(67)61-26-2-34-70-43-7-5-39(6-8-43)54-45-11-13-47(62-45)55(40-19-27-58-28-20-40)49-15-17-51(64-49)57(42-23-31-60-32-24-42)52-18-16-50(65-52)56(41-21-29-59-30-22-41)48-14-12-46(54)63-48/h3-25,27-33,36,62,65H,2,26,34-35H2,1H3,(H,61,67). The molecule has 8 bridgehead atoms. The highest BCUT2D eigenvalue weighted by Crippen LogP contribution is 2.38. The zero-order chi connectivity index (χ0) is 48.3. The van der Waals surface area contributed by atoms with Crippen molar-refractivity contribution < 1.29 is 17.9 Å². The zero-order valence-electron chi connectivity index (χ0n) is 38.5. The predicted octanol–water partition coefficient (Wildman–Crippen LogP) is 11.0. The van der Waals surface area contributed by atoms with Gasteiger partial charge < -0.3 is 20.0 Å². The molecule has 0 spiro atoms. The van der Waals surface area contributed by atoms with Gasteiger partial charge in [0.05, 0.1) is 40.7 Å². The molecule has 2 aromatic carbocycles. The number of aromatic nitrogens is 8. The highest BCUT2D eigenvalue weighted by Gasteiger charge is 2.20. The van der Waals surface area contributed by atoms with Gasteiger partial charge in [0.1, 0.15) is 5.75 Å². The van der Waals surface area contributed by atoms with Gasteiger partial charge in [0.25, 0.3) is 10.0 Å². The summed E-state index contributed by atoms with van der Waals surface area (Å²) in [5, 5.41) is 2.93. The third-order valence-corrected chi connectivity index (χ3v) is 14.1. The van der Waals surface area contributed by atoms with Gasteiger partial charge in [-0.25, -0.2) is 22.4 Å². The molecule has 348 valence electrons. The molecule has 0 fully saturated rings. The molecule has 0 aliphatic carbocycles. The summed E-state index contributed by atoms with van der Waals surface area (Å²) in [7, 11) is -3.75. The van der Waals surface area contributed by atoms with Crippen molar-refractivity contribution in [2.75, 3.05) is 13.2 Å². The van der Waals surface area contributed by atoms with Gasteiger partial charge in [-0.3, -0.25) is 19.7 Å². The fourth-order valence-electron chi connectivity index (χ4n) is 8.94. The lowest BCUT2D eigenvalue weighted by Crippen LogP contribution is -2.27. The lowest BCUT2D eigenvalue weighted by Gasteiger charge is -2.09. The van der Waals surface area contributed by atoms with E-state index in [0.29, 0.717) is 30.9 Å². The minimum Gasteiger partial charge on any atom is -0.494 e.